The fourth-order valence-electron chi connectivity index (χ4n) is 1.99. The molecule has 0 spiro atoms. The summed E-state index contributed by atoms with van der Waals surface area (Å²) in [5.74, 6) is 0.0799. The Bertz CT molecular complexity index is 808. The van der Waals surface area contributed by atoms with E-state index >= 15 is 0 Å². The van der Waals surface area contributed by atoms with Gasteiger partial charge in [-0.05, 0) is 46.1 Å². The lowest BCUT2D eigenvalue weighted by Crippen LogP contribution is -2.24. The van der Waals surface area contributed by atoms with Crippen molar-refractivity contribution in [2.75, 3.05) is 6.61 Å². The molecule has 0 aliphatic carbocycles. The third kappa shape index (κ3) is 5.39. The number of hydrogen-bond donors (Lipinski definition) is 1. The van der Waals surface area contributed by atoms with E-state index in [-0.39, 0.29) is 12.3 Å². The predicted molar refractivity (Wildman–Crippen MR) is 97.8 cm³/mol. The van der Waals surface area contributed by atoms with Gasteiger partial charge in [-0.3, -0.25) is 14.9 Å². The molecule has 0 saturated heterocycles. The van der Waals surface area contributed by atoms with Crippen LogP contribution in [0.1, 0.15) is 18.1 Å². The van der Waals surface area contributed by atoms with E-state index in [1.165, 1.54) is 18.3 Å². The molecule has 2 aromatic rings. The van der Waals surface area contributed by atoms with Gasteiger partial charge in [0.2, 0.25) is 0 Å². The average Bonchev–Trinajstić information content (AvgIpc) is 2.60. The zero-order valence-corrected chi connectivity index (χ0v) is 15.0. The highest BCUT2D eigenvalue weighted by Gasteiger charge is 2.10. The van der Waals surface area contributed by atoms with Gasteiger partial charge in [-0.15, -0.1) is 0 Å². The Hall–Kier alpha value is -2.74. The number of amides is 1. The fraction of sp³-hybridized carbons (Fsp3) is 0.176. The number of nitrogens with zero attached hydrogens (tertiary/aromatic N) is 2. The van der Waals surface area contributed by atoms with Gasteiger partial charge < -0.3 is 4.74 Å². The van der Waals surface area contributed by atoms with Gasteiger partial charge in [0, 0.05) is 6.07 Å². The molecule has 0 aliphatic rings. The van der Waals surface area contributed by atoms with Crippen molar-refractivity contribution in [3.05, 3.63) is 68.2 Å². The van der Waals surface area contributed by atoms with Gasteiger partial charge in [0.25, 0.3) is 11.6 Å². The van der Waals surface area contributed by atoms with E-state index in [9.17, 15) is 14.9 Å². The quantitative estimate of drug-likeness (QED) is 0.433. The molecule has 2 rings (SSSR count). The largest absolute Gasteiger partial charge is 0.483 e. The molecule has 7 nitrogen and oxygen atoms in total. The first-order valence-corrected chi connectivity index (χ1v) is 8.27. The smallest absolute Gasteiger partial charge is 0.278 e. The second kappa shape index (κ2) is 8.93. The molecule has 1 amide bonds. The molecule has 0 bridgehead atoms. The number of rotatable bonds is 7. The van der Waals surface area contributed by atoms with Crippen molar-refractivity contribution < 1.29 is 14.5 Å². The standard InChI is InChI=1S/C17H16BrN3O4/c1-2-12-7-8-16(14(18)9-12)25-11-17(22)20-19-10-13-5-3-4-6-15(13)21(23)24/h3-10H,2,11H2,1H3,(H,20,22)/b19-10+. The van der Waals surface area contributed by atoms with Crippen LogP contribution in [0.15, 0.2) is 52.0 Å². The van der Waals surface area contributed by atoms with E-state index in [1.807, 2.05) is 19.1 Å². The number of carbonyl (C=O) groups excluding carboxylic acids is 1. The minimum absolute atomic E-state index is 0.0864. The molecule has 130 valence electrons. The first kappa shape index (κ1) is 18.6. The molecular weight excluding hydrogens is 390 g/mol. The second-order valence-electron chi connectivity index (χ2n) is 5.02. The number of nitro benzene ring substituents is 1. The molecule has 2 aromatic carbocycles. The third-order valence-corrected chi connectivity index (χ3v) is 3.91. The van der Waals surface area contributed by atoms with Gasteiger partial charge >= 0.3 is 0 Å². The van der Waals surface area contributed by atoms with Crippen LogP contribution in [-0.2, 0) is 11.2 Å². The summed E-state index contributed by atoms with van der Waals surface area (Å²) in [5, 5.41) is 14.6. The van der Waals surface area contributed by atoms with Crippen LogP contribution in [0.3, 0.4) is 0 Å². The Kier molecular flexibility index (Phi) is 6.64. The first-order valence-electron chi connectivity index (χ1n) is 7.47. The summed E-state index contributed by atoms with van der Waals surface area (Å²) >= 11 is 3.39. The number of hydrazone groups is 1. The van der Waals surface area contributed by atoms with Crippen molar-refractivity contribution in [2.45, 2.75) is 13.3 Å². The van der Waals surface area contributed by atoms with Crippen LogP contribution in [0, 0.1) is 10.1 Å². The zero-order valence-electron chi connectivity index (χ0n) is 13.4. The molecule has 8 heteroatoms. The van der Waals surface area contributed by atoms with Gasteiger partial charge in [0.1, 0.15) is 5.75 Å². The maximum Gasteiger partial charge on any atom is 0.278 e. The Morgan fingerprint density at radius 1 is 1.36 bits per heavy atom. The number of aryl methyl sites for hydroxylation is 1. The maximum absolute atomic E-state index is 11.8. The van der Waals surface area contributed by atoms with E-state index in [0.717, 1.165) is 16.5 Å². The van der Waals surface area contributed by atoms with Gasteiger partial charge in [-0.2, -0.15) is 5.10 Å². The van der Waals surface area contributed by atoms with Crippen LogP contribution in [0.25, 0.3) is 0 Å². The molecule has 0 aliphatic heterocycles. The molecule has 0 heterocycles. The summed E-state index contributed by atoms with van der Waals surface area (Å²) in [6.07, 6.45) is 2.13. The summed E-state index contributed by atoms with van der Waals surface area (Å²) < 4.78 is 6.19. The first-order chi connectivity index (χ1) is 12.0. The Labute approximate surface area is 153 Å². The lowest BCUT2D eigenvalue weighted by Gasteiger charge is -2.08. The fourth-order valence-corrected chi connectivity index (χ4v) is 2.53. The summed E-state index contributed by atoms with van der Waals surface area (Å²) in [6.45, 7) is 1.82. The van der Waals surface area contributed by atoms with Gasteiger partial charge in [-0.25, -0.2) is 5.43 Å². The molecule has 0 radical (unpaired) electrons. The van der Waals surface area contributed by atoms with Crippen LogP contribution in [0.2, 0.25) is 0 Å². The predicted octanol–water partition coefficient (Wildman–Crippen LogP) is 3.45. The van der Waals surface area contributed by atoms with Crippen LogP contribution < -0.4 is 10.2 Å². The molecular formula is C17H16BrN3O4. The van der Waals surface area contributed by atoms with E-state index in [1.54, 1.807) is 18.2 Å². The number of hydrogen-bond acceptors (Lipinski definition) is 5. The van der Waals surface area contributed by atoms with Crippen molar-refractivity contribution in [1.29, 1.82) is 0 Å². The number of ether oxygens (including phenoxy) is 1. The Morgan fingerprint density at radius 3 is 2.80 bits per heavy atom. The minimum atomic E-state index is -0.510. The lowest BCUT2D eigenvalue weighted by atomic mass is 10.2. The zero-order chi connectivity index (χ0) is 18.2. The second-order valence-corrected chi connectivity index (χ2v) is 5.87. The van der Waals surface area contributed by atoms with Gasteiger partial charge in [-0.1, -0.05) is 25.1 Å². The van der Waals surface area contributed by atoms with Crippen molar-refractivity contribution in [3.8, 4) is 5.75 Å². The highest BCUT2D eigenvalue weighted by atomic mass is 79.9. The van der Waals surface area contributed by atoms with Crippen LogP contribution in [0.4, 0.5) is 5.69 Å². The molecule has 1 N–H and O–H groups in total. The average molecular weight is 406 g/mol. The van der Waals surface area contributed by atoms with Crippen molar-refractivity contribution in [2.24, 2.45) is 5.10 Å². The Balaban J connectivity index is 1.90. The molecule has 25 heavy (non-hydrogen) atoms. The maximum atomic E-state index is 11.8. The number of nitrogens with one attached hydrogen (secondary N) is 1. The molecule has 0 unspecified atom stereocenters. The van der Waals surface area contributed by atoms with E-state index < -0.39 is 10.8 Å². The van der Waals surface area contributed by atoms with Gasteiger partial charge in [0.05, 0.1) is 21.2 Å². The van der Waals surface area contributed by atoms with Crippen LogP contribution in [-0.4, -0.2) is 23.7 Å². The van der Waals surface area contributed by atoms with Crippen molar-refractivity contribution in [3.63, 3.8) is 0 Å². The van der Waals surface area contributed by atoms with Gasteiger partial charge in [0.15, 0.2) is 6.61 Å². The van der Waals surface area contributed by atoms with E-state index in [4.69, 9.17) is 4.74 Å². The number of nitro groups is 1. The number of carbonyl (C=O) groups is 1. The van der Waals surface area contributed by atoms with Crippen LogP contribution >= 0.6 is 15.9 Å². The lowest BCUT2D eigenvalue weighted by molar-refractivity contribution is -0.385. The Morgan fingerprint density at radius 2 is 2.12 bits per heavy atom. The highest BCUT2D eigenvalue weighted by molar-refractivity contribution is 9.10. The monoisotopic (exact) mass is 405 g/mol. The minimum Gasteiger partial charge on any atom is -0.483 e. The summed E-state index contributed by atoms with van der Waals surface area (Å²) in [4.78, 5) is 22.1. The van der Waals surface area contributed by atoms with Crippen molar-refractivity contribution >= 4 is 33.7 Å². The summed E-state index contributed by atoms with van der Waals surface area (Å²) in [5.41, 5.74) is 3.64. The normalized spacial score (nSPS) is 10.6. The number of para-hydroxylation sites is 1. The highest BCUT2D eigenvalue weighted by Crippen LogP contribution is 2.26. The third-order valence-electron chi connectivity index (χ3n) is 3.29. The molecule has 0 fully saturated rings. The van der Waals surface area contributed by atoms with E-state index in [2.05, 4.69) is 26.5 Å². The molecule has 0 saturated carbocycles. The van der Waals surface area contributed by atoms with Crippen LogP contribution in [0.5, 0.6) is 5.75 Å². The topological polar surface area (TPSA) is 93.8 Å². The molecule has 0 atom stereocenters. The SMILES string of the molecule is CCc1ccc(OCC(=O)N/N=C/c2ccccc2[N+](=O)[O-])c(Br)c1. The number of halogens is 1. The summed E-state index contributed by atoms with van der Waals surface area (Å²) in [7, 11) is 0. The van der Waals surface area contributed by atoms with Crippen molar-refractivity contribution in [1.82, 2.24) is 5.43 Å². The summed E-state index contributed by atoms with van der Waals surface area (Å²) in [6, 6.07) is 11.7. The van der Waals surface area contributed by atoms with E-state index in [0.29, 0.717) is 11.3 Å². The molecule has 0 aromatic heterocycles. The number of benzene rings is 2.